The van der Waals surface area contributed by atoms with Gasteiger partial charge < -0.3 is 14.3 Å². The van der Waals surface area contributed by atoms with Crippen LogP contribution in [0.25, 0.3) is 0 Å². The maximum absolute atomic E-state index is 11.2. The second kappa shape index (κ2) is 12.4. The molecule has 0 fully saturated rings. The van der Waals surface area contributed by atoms with E-state index in [1.807, 2.05) is 31.1 Å². The molecule has 4 nitrogen and oxygen atoms in total. The molecule has 0 N–H and O–H groups in total. The predicted molar refractivity (Wildman–Crippen MR) is 113 cm³/mol. The quantitative estimate of drug-likeness (QED) is 0.443. The summed E-state index contributed by atoms with van der Waals surface area (Å²) in [6.45, 7) is 1.92. The first-order chi connectivity index (χ1) is 13.3. The molecular weight excluding hydrogens is 372 g/mol. The summed E-state index contributed by atoms with van der Waals surface area (Å²) in [5.74, 6) is 0.260. The van der Waals surface area contributed by atoms with Crippen LogP contribution in [0.15, 0.2) is 99.6 Å². The van der Waals surface area contributed by atoms with E-state index in [0.717, 1.165) is 0 Å². The average molecular weight is 398 g/mol. The molecule has 0 amide bonds. The Hall–Kier alpha value is -3.05. The van der Waals surface area contributed by atoms with Crippen molar-refractivity contribution in [3.05, 3.63) is 84.9 Å². The Kier molecular flexibility index (Phi) is 10.1. The minimum Gasteiger partial charge on any atom is -0.482 e. The van der Waals surface area contributed by atoms with Gasteiger partial charge in [0.25, 0.3) is 0 Å². The first-order valence-electron chi connectivity index (χ1n) is 8.21. The van der Waals surface area contributed by atoms with E-state index in [0.29, 0.717) is 5.75 Å². The molecule has 0 atom stereocenters. The molecular formula is C23H25O4S+. The Morgan fingerprint density at radius 1 is 0.786 bits per heavy atom. The highest BCUT2D eigenvalue weighted by molar-refractivity contribution is 7.97. The molecule has 0 unspecified atom stereocenters. The Balaban J connectivity index is 0.00000127. The smallest absolute Gasteiger partial charge is 0.343 e. The predicted octanol–water partition coefficient (Wildman–Crippen LogP) is 4.79. The van der Waals surface area contributed by atoms with Gasteiger partial charge in [0, 0.05) is 0 Å². The van der Waals surface area contributed by atoms with Gasteiger partial charge >= 0.3 is 5.97 Å². The molecule has 0 spiro atoms. The molecule has 0 aliphatic heterocycles. The van der Waals surface area contributed by atoms with Crippen molar-refractivity contribution in [2.24, 2.45) is 0 Å². The fourth-order valence-corrected chi connectivity index (χ4v) is 4.48. The highest BCUT2D eigenvalue weighted by Crippen LogP contribution is 2.31. The zero-order valence-corrected chi connectivity index (χ0v) is 15.9. The van der Waals surface area contributed by atoms with Gasteiger partial charge in [0.2, 0.25) is 0 Å². The van der Waals surface area contributed by atoms with E-state index >= 15 is 0 Å². The van der Waals surface area contributed by atoms with Crippen LogP contribution in [-0.2, 0) is 25.2 Å². The second-order valence-corrected chi connectivity index (χ2v) is 7.30. The fraction of sp³-hybridized carbons (Fsp3) is 0.130. The summed E-state index contributed by atoms with van der Waals surface area (Å²) >= 11 is 0. The molecule has 0 heterocycles. The van der Waals surface area contributed by atoms with Crippen molar-refractivity contribution in [3.63, 3.8) is 0 Å². The number of hydrogen-bond acceptors (Lipinski definition) is 4. The number of ether oxygens (including phenoxy) is 2. The standard InChI is InChI=1S/C21H19O3S.CH2O.CH4/c1-23-21(22)16-24-17-12-14-20(15-13-17)25(18-8-4-2-5-9-18)19-10-6-3-7-11-19;1-2;/h2-15H,16H2,1H3;1H2;1H4/q+1;;. The van der Waals surface area contributed by atoms with Crippen LogP contribution in [0.3, 0.4) is 0 Å². The molecule has 0 bridgehead atoms. The number of benzene rings is 3. The van der Waals surface area contributed by atoms with Crippen LogP contribution in [0.2, 0.25) is 0 Å². The average Bonchev–Trinajstić information content (AvgIpc) is 2.76. The summed E-state index contributed by atoms with van der Waals surface area (Å²) < 4.78 is 10.0. The highest BCUT2D eigenvalue weighted by Gasteiger charge is 2.28. The summed E-state index contributed by atoms with van der Waals surface area (Å²) in [6.07, 6.45) is 0. The van der Waals surface area contributed by atoms with E-state index in [1.54, 1.807) is 0 Å². The molecule has 0 aliphatic carbocycles. The topological polar surface area (TPSA) is 52.6 Å². The van der Waals surface area contributed by atoms with Crippen LogP contribution in [0, 0.1) is 0 Å². The van der Waals surface area contributed by atoms with Crippen molar-refractivity contribution in [2.45, 2.75) is 22.1 Å². The molecule has 5 heteroatoms. The first-order valence-corrected chi connectivity index (χ1v) is 9.43. The molecule has 3 aromatic carbocycles. The van der Waals surface area contributed by atoms with Crippen LogP contribution in [0.5, 0.6) is 5.75 Å². The molecule has 146 valence electrons. The highest BCUT2D eigenvalue weighted by atomic mass is 32.2. The molecule has 3 rings (SSSR count). The second-order valence-electron chi connectivity index (χ2n) is 5.27. The van der Waals surface area contributed by atoms with Gasteiger partial charge in [-0.3, -0.25) is 0 Å². The van der Waals surface area contributed by atoms with Crippen LogP contribution >= 0.6 is 0 Å². The van der Waals surface area contributed by atoms with Gasteiger partial charge in [-0.15, -0.1) is 0 Å². The summed E-state index contributed by atoms with van der Waals surface area (Å²) in [6, 6.07) is 28.8. The van der Waals surface area contributed by atoms with Crippen LogP contribution in [0.4, 0.5) is 0 Å². The van der Waals surface area contributed by atoms with Gasteiger partial charge in [-0.25, -0.2) is 4.79 Å². The van der Waals surface area contributed by atoms with E-state index in [2.05, 4.69) is 65.4 Å². The van der Waals surface area contributed by atoms with Crippen molar-refractivity contribution < 1.29 is 19.1 Å². The van der Waals surface area contributed by atoms with Gasteiger partial charge in [0.1, 0.15) is 12.5 Å². The zero-order valence-electron chi connectivity index (χ0n) is 15.0. The van der Waals surface area contributed by atoms with E-state index in [9.17, 15) is 4.79 Å². The molecule has 0 aromatic heterocycles. The molecule has 0 saturated heterocycles. The maximum Gasteiger partial charge on any atom is 0.343 e. The lowest BCUT2D eigenvalue weighted by atomic mass is 10.3. The Labute approximate surface area is 169 Å². The Morgan fingerprint density at radius 3 is 1.64 bits per heavy atom. The third kappa shape index (κ3) is 6.28. The molecule has 0 radical (unpaired) electrons. The van der Waals surface area contributed by atoms with Gasteiger partial charge in [-0.05, 0) is 48.5 Å². The summed E-state index contributed by atoms with van der Waals surface area (Å²) in [4.78, 5) is 22.9. The fourth-order valence-electron chi connectivity index (χ4n) is 2.39. The van der Waals surface area contributed by atoms with Crippen LogP contribution < -0.4 is 4.74 Å². The number of carbonyl (C=O) groups excluding carboxylic acids is 2. The third-order valence-corrected chi connectivity index (χ3v) is 5.83. The molecule has 0 saturated carbocycles. The van der Waals surface area contributed by atoms with Crippen molar-refractivity contribution in [1.29, 1.82) is 0 Å². The largest absolute Gasteiger partial charge is 0.482 e. The molecule has 28 heavy (non-hydrogen) atoms. The van der Waals surface area contributed by atoms with E-state index in [-0.39, 0.29) is 24.9 Å². The number of esters is 1. The van der Waals surface area contributed by atoms with Crippen LogP contribution in [0.1, 0.15) is 7.43 Å². The van der Waals surface area contributed by atoms with Crippen molar-refractivity contribution in [1.82, 2.24) is 0 Å². The van der Waals surface area contributed by atoms with Crippen molar-refractivity contribution in [3.8, 4) is 5.75 Å². The normalized spacial score (nSPS) is 9.50. The molecule has 3 aromatic rings. The summed E-state index contributed by atoms with van der Waals surface area (Å²) in [5.41, 5.74) is 0. The van der Waals surface area contributed by atoms with Crippen molar-refractivity contribution in [2.75, 3.05) is 13.7 Å². The molecule has 0 aliphatic rings. The monoisotopic (exact) mass is 397 g/mol. The van der Waals surface area contributed by atoms with Gasteiger partial charge in [-0.2, -0.15) is 0 Å². The summed E-state index contributed by atoms with van der Waals surface area (Å²) in [5, 5.41) is 0. The number of methoxy groups -OCH3 is 1. The van der Waals surface area contributed by atoms with E-state index < -0.39 is 5.97 Å². The zero-order chi connectivity index (χ0) is 19.5. The third-order valence-electron chi connectivity index (χ3n) is 3.60. The van der Waals surface area contributed by atoms with Gasteiger partial charge in [-0.1, -0.05) is 43.8 Å². The Bertz CT molecular complexity index is 781. The lowest BCUT2D eigenvalue weighted by molar-refractivity contribution is -0.142. The minimum atomic E-state index is -0.391. The van der Waals surface area contributed by atoms with Crippen LogP contribution in [-0.4, -0.2) is 26.5 Å². The van der Waals surface area contributed by atoms with Gasteiger partial charge in [0.15, 0.2) is 21.3 Å². The number of hydrogen-bond donors (Lipinski definition) is 0. The van der Waals surface area contributed by atoms with E-state index in [4.69, 9.17) is 9.53 Å². The summed E-state index contributed by atoms with van der Waals surface area (Å²) in [7, 11) is 1.16. The lowest BCUT2D eigenvalue weighted by Crippen LogP contribution is -2.12. The minimum absolute atomic E-state index is 0. The Morgan fingerprint density at radius 2 is 1.21 bits per heavy atom. The van der Waals surface area contributed by atoms with E-state index in [1.165, 1.54) is 21.8 Å². The number of rotatable bonds is 6. The van der Waals surface area contributed by atoms with Gasteiger partial charge in [0.05, 0.1) is 18.0 Å². The first kappa shape index (κ1) is 23.0. The SMILES string of the molecule is C.C=O.COC(=O)COc1ccc([S+](c2ccccc2)c2ccccc2)cc1. The maximum atomic E-state index is 11.2. The number of carbonyl (C=O) groups is 2. The van der Waals surface area contributed by atoms with Crippen molar-refractivity contribution >= 4 is 23.7 Å². The lowest BCUT2D eigenvalue weighted by Gasteiger charge is -2.09.